The van der Waals surface area contributed by atoms with Gasteiger partial charge in [0.1, 0.15) is 6.10 Å². The Labute approximate surface area is 142 Å². The first-order chi connectivity index (χ1) is 8.57. The Morgan fingerprint density at radius 2 is 1.63 bits per heavy atom. The predicted molar refractivity (Wildman–Crippen MR) is 83.3 cm³/mol. The van der Waals surface area contributed by atoms with E-state index in [1.165, 1.54) is 6.07 Å². The lowest BCUT2D eigenvalue weighted by Crippen LogP contribution is -2.11. The van der Waals surface area contributed by atoms with E-state index in [9.17, 15) is 5.11 Å². The van der Waals surface area contributed by atoms with Gasteiger partial charge in [0.15, 0.2) is 0 Å². The summed E-state index contributed by atoms with van der Waals surface area (Å²) >= 11 is 35.1. The van der Waals surface area contributed by atoms with E-state index in [1.54, 1.807) is 12.1 Å². The molecule has 19 heavy (non-hydrogen) atoms. The molecule has 1 aromatic rings. The van der Waals surface area contributed by atoms with Gasteiger partial charge in [-0.3, -0.25) is 0 Å². The van der Waals surface area contributed by atoms with Gasteiger partial charge in [0, 0.05) is 11.1 Å². The molecule has 0 aromatic heterocycles. The van der Waals surface area contributed by atoms with Crippen LogP contribution in [0.4, 0.5) is 0 Å². The van der Waals surface area contributed by atoms with Crippen molar-refractivity contribution >= 4 is 69.6 Å². The average molecular weight is 384 g/mol. The van der Waals surface area contributed by atoms with Gasteiger partial charge >= 0.3 is 0 Å². The molecule has 0 aliphatic carbocycles. The highest BCUT2D eigenvalue weighted by molar-refractivity contribution is 6.67. The van der Waals surface area contributed by atoms with Crippen molar-refractivity contribution in [2.75, 3.05) is 0 Å². The van der Waals surface area contributed by atoms with Crippen LogP contribution in [-0.2, 0) is 12.7 Å². The lowest BCUT2D eigenvalue weighted by Gasteiger charge is -2.22. The number of hydrogen-bond acceptors (Lipinski definition) is 0. The van der Waals surface area contributed by atoms with Crippen LogP contribution >= 0.6 is 69.6 Å². The zero-order chi connectivity index (χ0) is 14.8. The molecule has 1 radical (unpaired) electrons. The zero-order valence-electron chi connectivity index (χ0n) is 9.90. The number of benzene rings is 1. The van der Waals surface area contributed by atoms with E-state index in [2.05, 4.69) is 0 Å². The summed E-state index contributed by atoms with van der Waals surface area (Å²) in [5.74, 6) is 0. The third kappa shape index (κ3) is 5.00. The maximum Gasteiger partial charge on any atom is 0.216 e. The second-order valence-corrected chi connectivity index (χ2v) is 8.64. The van der Waals surface area contributed by atoms with Crippen molar-refractivity contribution < 1.29 is 5.11 Å². The first-order valence-corrected chi connectivity index (χ1v) is 7.78. The van der Waals surface area contributed by atoms with Gasteiger partial charge in [0.05, 0.1) is 0 Å². The van der Waals surface area contributed by atoms with E-state index in [1.807, 2.05) is 6.92 Å². The molecule has 1 rings (SSSR count). The summed E-state index contributed by atoms with van der Waals surface area (Å²) in [6, 6.07) is 4.57. The van der Waals surface area contributed by atoms with Crippen molar-refractivity contribution in [1.82, 2.24) is 0 Å². The molecular formula is C12H11Cl6O. The fraction of sp³-hybridized carbons (Fsp3) is 0.500. The van der Waals surface area contributed by atoms with Crippen LogP contribution in [0.3, 0.4) is 0 Å². The Kier molecular flexibility index (Phi) is 6.42. The third-order valence-electron chi connectivity index (χ3n) is 2.58. The quantitative estimate of drug-likeness (QED) is 0.523. The molecule has 0 amide bonds. The SMILES string of the molecule is CCCC([O])c1ccc(C(Cl)(Cl)Cl)cc1C(Cl)(Cl)Cl. The Morgan fingerprint density at radius 3 is 2.05 bits per heavy atom. The van der Waals surface area contributed by atoms with Gasteiger partial charge in [-0.25, -0.2) is 5.11 Å². The van der Waals surface area contributed by atoms with E-state index in [-0.39, 0.29) is 5.56 Å². The van der Waals surface area contributed by atoms with Crippen LogP contribution < -0.4 is 0 Å². The molecule has 0 N–H and O–H groups in total. The van der Waals surface area contributed by atoms with E-state index in [4.69, 9.17) is 69.6 Å². The largest absolute Gasteiger partial charge is 0.228 e. The number of hydrogen-bond donors (Lipinski definition) is 0. The molecule has 0 heterocycles. The van der Waals surface area contributed by atoms with E-state index >= 15 is 0 Å². The summed E-state index contributed by atoms with van der Waals surface area (Å²) in [6.45, 7) is 1.91. The Hall–Kier alpha value is 0.920. The predicted octanol–water partition coefficient (Wildman–Crippen LogP) is 6.61. The first-order valence-electron chi connectivity index (χ1n) is 5.51. The van der Waals surface area contributed by atoms with Crippen molar-refractivity contribution in [1.29, 1.82) is 0 Å². The Bertz CT molecular complexity index is 435. The molecule has 0 aliphatic rings. The van der Waals surface area contributed by atoms with E-state index in [0.29, 0.717) is 17.5 Å². The van der Waals surface area contributed by atoms with E-state index in [0.717, 1.165) is 6.42 Å². The van der Waals surface area contributed by atoms with Crippen LogP contribution in [0.5, 0.6) is 0 Å². The van der Waals surface area contributed by atoms with Crippen molar-refractivity contribution in [3.63, 3.8) is 0 Å². The maximum atomic E-state index is 12.1. The number of rotatable bonds is 3. The minimum Gasteiger partial charge on any atom is -0.228 e. The molecule has 1 unspecified atom stereocenters. The molecule has 0 saturated heterocycles. The molecule has 1 nitrogen and oxygen atoms in total. The summed E-state index contributed by atoms with van der Waals surface area (Å²) in [5.41, 5.74) is 1.03. The smallest absolute Gasteiger partial charge is 0.216 e. The summed E-state index contributed by atoms with van der Waals surface area (Å²) in [6.07, 6.45) is 0.209. The minimum atomic E-state index is -1.74. The number of alkyl halides is 6. The second kappa shape index (κ2) is 6.79. The third-order valence-corrected chi connectivity index (χ3v) is 3.85. The molecule has 0 fully saturated rings. The molecule has 0 aliphatic heterocycles. The monoisotopic (exact) mass is 381 g/mol. The lowest BCUT2D eigenvalue weighted by atomic mass is 9.98. The van der Waals surface area contributed by atoms with Crippen LogP contribution in [0.1, 0.15) is 42.6 Å². The molecule has 1 atom stereocenters. The van der Waals surface area contributed by atoms with Gasteiger partial charge in [-0.2, -0.15) is 0 Å². The van der Waals surface area contributed by atoms with Crippen LogP contribution in [0.2, 0.25) is 0 Å². The molecule has 7 heteroatoms. The molecule has 0 bridgehead atoms. The minimum absolute atomic E-state index is 0.259. The average Bonchev–Trinajstić information content (AvgIpc) is 2.26. The van der Waals surface area contributed by atoms with Crippen molar-refractivity contribution in [2.24, 2.45) is 0 Å². The lowest BCUT2D eigenvalue weighted by molar-refractivity contribution is 0.0797. The summed E-state index contributed by atoms with van der Waals surface area (Å²) in [4.78, 5) is 0. The van der Waals surface area contributed by atoms with Gasteiger partial charge < -0.3 is 0 Å². The Morgan fingerprint density at radius 1 is 1.05 bits per heavy atom. The highest BCUT2D eigenvalue weighted by Gasteiger charge is 2.32. The second-order valence-electron chi connectivity index (χ2n) is 4.07. The van der Waals surface area contributed by atoms with Crippen molar-refractivity contribution in [3.05, 3.63) is 34.9 Å². The highest BCUT2D eigenvalue weighted by Crippen LogP contribution is 2.46. The van der Waals surface area contributed by atoms with Crippen LogP contribution in [0, 0.1) is 0 Å². The summed E-state index contributed by atoms with van der Waals surface area (Å²) in [5, 5.41) is 12.1. The van der Waals surface area contributed by atoms with Crippen LogP contribution in [-0.4, -0.2) is 0 Å². The molecule has 0 spiro atoms. The standard InChI is InChI=1S/C12H11Cl6O/c1-2-3-10(19)8-5-4-7(11(13,14)15)6-9(8)12(16,17)18/h4-6,10H,2-3H2,1H3. The van der Waals surface area contributed by atoms with Crippen LogP contribution in [0.15, 0.2) is 18.2 Å². The fourth-order valence-corrected chi connectivity index (χ4v) is 2.52. The fourth-order valence-electron chi connectivity index (χ4n) is 1.68. The topological polar surface area (TPSA) is 19.9 Å². The Balaban J connectivity index is 3.33. The molecular weight excluding hydrogens is 373 g/mol. The van der Waals surface area contributed by atoms with Gasteiger partial charge in [-0.05, 0) is 18.1 Å². The normalized spacial score (nSPS) is 14.5. The van der Waals surface area contributed by atoms with Gasteiger partial charge in [-0.15, -0.1) is 0 Å². The van der Waals surface area contributed by atoms with Gasteiger partial charge in [0.25, 0.3) is 0 Å². The molecule has 0 saturated carbocycles. The molecule has 107 valence electrons. The maximum absolute atomic E-state index is 12.1. The van der Waals surface area contributed by atoms with Crippen molar-refractivity contribution in [2.45, 2.75) is 33.5 Å². The van der Waals surface area contributed by atoms with Gasteiger partial charge in [-0.1, -0.05) is 95.1 Å². The van der Waals surface area contributed by atoms with Crippen molar-refractivity contribution in [3.8, 4) is 0 Å². The zero-order valence-corrected chi connectivity index (χ0v) is 14.4. The summed E-state index contributed by atoms with van der Waals surface area (Å²) in [7, 11) is 0. The first kappa shape index (κ1) is 18.0. The van der Waals surface area contributed by atoms with Crippen LogP contribution in [0.25, 0.3) is 0 Å². The number of halogens is 6. The van der Waals surface area contributed by atoms with E-state index < -0.39 is 13.7 Å². The summed E-state index contributed by atoms with van der Waals surface area (Å²) < 4.78 is -3.37. The van der Waals surface area contributed by atoms with Gasteiger partial charge in [0.2, 0.25) is 7.59 Å². The molecule has 1 aromatic carbocycles. The highest BCUT2D eigenvalue weighted by atomic mass is 35.6.